The van der Waals surface area contributed by atoms with Gasteiger partial charge in [0.2, 0.25) is 5.91 Å². The molecule has 0 bridgehead atoms. The van der Waals surface area contributed by atoms with Gasteiger partial charge < -0.3 is 14.8 Å². The zero-order chi connectivity index (χ0) is 16.7. The molecule has 0 saturated carbocycles. The van der Waals surface area contributed by atoms with Crippen molar-refractivity contribution in [3.05, 3.63) is 36.2 Å². The molecular weight excluding hydrogens is 298 g/mol. The highest BCUT2D eigenvalue weighted by Crippen LogP contribution is 2.10. The second-order valence-corrected chi connectivity index (χ2v) is 4.83. The van der Waals surface area contributed by atoms with E-state index in [0.717, 1.165) is 11.0 Å². The molecule has 2 rings (SSSR count). The van der Waals surface area contributed by atoms with Crippen LogP contribution in [0.1, 0.15) is 12.6 Å². The Balaban J connectivity index is 2.12. The number of fused-ring (bicyclic) bond motifs is 1. The largest absolute Gasteiger partial charge is 0.467 e. The molecule has 1 atom stereocenters. The van der Waals surface area contributed by atoms with Gasteiger partial charge in [0, 0.05) is 19.2 Å². The first-order valence-electron chi connectivity index (χ1n) is 7.29. The fraction of sp³-hybridized carbons (Fsp3) is 0.375. The molecule has 23 heavy (non-hydrogen) atoms. The molecule has 0 spiro atoms. The molecule has 0 aliphatic carbocycles. The molecule has 2 aromatic rings. The van der Waals surface area contributed by atoms with Crippen molar-refractivity contribution in [2.24, 2.45) is 0 Å². The third-order valence-electron chi connectivity index (χ3n) is 3.17. The highest BCUT2D eigenvalue weighted by Gasteiger charge is 2.22. The Hall–Kier alpha value is -2.54. The van der Waals surface area contributed by atoms with Crippen LogP contribution in [0, 0.1) is 0 Å². The van der Waals surface area contributed by atoms with Gasteiger partial charge in [0.15, 0.2) is 0 Å². The van der Waals surface area contributed by atoms with Crippen molar-refractivity contribution in [2.75, 3.05) is 20.3 Å². The zero-order valence-electron chi connectivity index (χ0n) is 13.1. The fourth-order valence-corrected chi connectivity index (χ4v) is 2.07. The van der Waals surface area contributed by atoms with Gasteiger partial charge in [-0.15, -0.1) is 0 Å². The van der Waals surface area contributed by atoms with Crippen molar-refractivity contribution in [1.29, 1.82) is 0 Å². The van der Waals surface area contributed by atoms with E-state index < -0.39 is 12.0 Å². The molecule has 0 aliphatic rings. The number of para-hydroxylation sites is 2. The number of ether oxygens (including phenoxy) is 2. The van der Waals surface area contributed by atoms with E-state index in [0.29, 0.717) is 12.3 Å². The second-order valence-electron chi connectivity index (χ2n) is 4.83. The maximum Gasteiger partial charge on any atom is 0.328 e. The van der Waals surface area contributed by atoms with E-state index in [-0.39, 0.29) is 18.9 Å². The highest BCUT2D eigenvalue weighted by atomic mass is 16.5. The normalized spacial score (nSPS) is 11.9. The smallest absolute Gasteiger partial charge is 0.328 e. The van der Waals surface area contributed by atoms with Gasteiger partial charge in [0.05, 0.1) is 23.8 Å². The van der Waals surface area contributed by atoms with Gasteiger partial charge in [-0.2, -0.15) is 0 Å². The van der Waals surface area contributed by atoms with Crippen LogP contribution in [0.15, 0.2) is 30.5 Å². The average molecular weight is 317 g/mol. The topological polar surface area (TPSA) is 90.4 Å². The van der Waals surface area contributed by atoms with Crippen LogP contribution < -0.4 is 5.32 Å². The van der Waals surface area contributed by atoms with Gasteiger partial charge >= 0.3 is 5.97 Å². The van der Waals surface area contributed by atoms with Gasteiger partial charge in [0.25, 0.3) is 0 Å². The predicted octanol–water partition coefficient (Wildman–Crippen LogP) is 0.867. The maximum atomic E-state index is 11.9. The summed E-state index contributed by atoms with van der Waals surface area (Å²) in [5.41, 5.74) is 2.09. The summed E-state index contributed by atoms with van der Waals surface area (Å²) < 4.78 is 9.76. The summed E-state index contributed by atoms with van der Waals surface area (Å²) in [6.45, 7) is 2.11. The molecule has 1 amide bonds. The number of aromatic nitrogens is 2. The molecule has 7 heteroatoms. The monoisotopic (exact) mass is 317 g/mol. The molecule has 0 fully saturated rings. The summed E-state index contributed by atoms with van der Waals surface area (Å²) >= 11 is 0. The minimum atomic E-state index is -0.830. The standard InChI is InChI=1S/C16H19N3O4/c1-3-23-10-15(20)19-14(16(21)22-2)8-11-9-17-12-6-4-5-7-13(12)18-11/h4-7,9,14H,3,8,10H2,1-2H3,(H,19,20)/t14-/m1/s1. The number of methoxy groups -OCH3 is 1. The summed E-state index contributed by atoms with van der Waals surface area (Å²) in [5, 5.41) is 2.59. The summed E-state index contributed by atoms with van der Waals surface area (Å²) in [6, 6.07) is 6.61. The zero-order valence-corrected chi connectivity index (χ0v) is 13.1. The lowest BCUT2D eigenvalue weighted by atomic mass is 10.1. The number of nitrogens with zero attached hydrogens (tertiary/aromatic N) is 2. The Morgan fingerprint density at radius 1 is 1.26 bits per heavy atom. The SMILES string of the molecule is CCOCC(=O)N[C@H](Cc1cnc2ccccc2n1)C(=O)OC. The molecule has 1 N–H and O–H groups in total. The number of nitrogens with one attached hydrogen (secondary N) is 1. The number of amides is 1. The van der Waals surface area contributed by atoms with Gasteiger partial charge in [-0.05, 0) is 19.1 Å². The molecule has 1 aromatic heterocycles. The van der Waals surface area contributed by atoms with E-state index in [1.165, 1.54) is 7.11 Å². The van der Waals surface area contributed by atoms with Crippen LogP contribution >= 0.6 is 0 Å². The number of carbonyl (C=O) groups is 2. The first-order valence-corrected chi connectivity index (χ1v) is 7.29. The van der Waals surface area contributed by atoms with Crippen LogP contribution in [0.4, 0.5) is 0 Å². The van der Waals surface area contributed by atoms with Crippen molar-refractivity contribution >= 4 is 22.9 Å². The van der Waals surface area contributed by atoms with Crippen LogP contribution in [0.3, 0.4) is 0 Å². The van der Waals surface area contributed by atoms with Crippen molar-refractivity contribution in [1.82, 2.24) is 15.3 Å². The van der Waals surface area contributed by atoms with Gasteiger partial charge in [-0.25, -0.2) is 9.78 Å². The fourth-order valence-electron chi connectivity index (χ4n) is 2.07. The second kappa shape index (κ2) is 8.19. The molecule has 1 aromatic carbocycles. The minimum Gasteiger partial charge on any atom is -0.467 e. The van der Waals surface area contributed by atoms with Crippen molar-refractivity contribution in [3.8, 4) is 0 Å². The lowest BCUT2D eigenvalue weighted by molar-refractivity contribution is -0.145. The quantitative estimate of drug-likeness (QED) is 0.762. The lowest BCUT2D eigenvalue weighted by Crippen LogP contribution is -2.44. The first kappa shape index (κ1) is 16.8. The summed E-state index contributed by atoms with van der Waals surface area (Å²) in [7, 11) is 1.27. The molecule has 0 unspecified atom stereocenters. The average Bonchev–Trinajstić information content (AvgIpc) is 2.58. The van der Waals surface area contributed by atoms with Crippen LogP contribution in [0.2, 0.25) is 0 Å². The molecular formula is C16H19N3O4. The lowest BCUT2D eigenvalue weighted by Gasteiger charge is -2.16. The van der Waals surface area contributed by atoms with E-state index in [4.69, 9.17) is 9.47 Å². The Labute approximate surface area is 134 Å². The molecule has 1 heterocycles. The van der Waals surface area contributed by atoms with Crippen LogP contribution in [0.25, 0.3) is 11.0 Å². The van der Waals surface area contributed by atoms with Crippen molar-refractivity contribution < 1.29 is 19.1 Å². The highest BCUT2D eigenvalue weighted by molar-refractivity contribution is 5.85. The van der Waals surface area contributed by atoms with Crippen LogP contribution in [0.5, 0.6) is 0 Å². The first-order chi connectivity index (χ1) is 11.1. The third-order valence-corrected chi connectivity index (χ3v) is 3.17. The van der Waals surface area contributed by atoms with Crippen LogP contribution in [-0.2, 0) is 25.5 Å². The van der Waals surface area contributed by atoms with Crippen LogP contribution in [-0.4, -0.2) is 48.2 Å². The Kier molecular flexibility index (Phi) is 5.99. The number of benzene rings is 1. The maximum absolute atomic E-state index is 11.9. The van der Waals surface area contributed by atoms with E-state index in [1.807, 2.05) is 24.3 Å². The number of hydrogen-bond donors (Lipinski definition) is 1. The number of hydrogen-bond acceptors (Lipinski definition) is 6. The van der Waals surface area contributed by atoms with E-state index in [9.17, 15) is 9.59 Å². The molecule has 7 nitrogen and oxygen atoms in total. The molecule has 0 aliphatic heterocycles. The summed E-state index contributed by atoms with van der Waals surface area (Å²) in [5.74, 6) is -0.916. The predicted molar refractivity (Wildman–Crippen MR) is 83.7 cm³/mol. The minimum absolute atomic E-state index is 0.104. The van der Waals surface area contributed by atoms with E-state index in [2.05, 4.69) is 15.3 Å². The molecule has 0 saturated heterocycles. The Bertz CT molecular complexity index is 690. The van der Waals surface area contributed by atoms with Crippen molar-refractivity contribution in [3.63, 3.8) is 0 Å². The number of rotatable bonds is 7. The number of carbonyl (C=O) groups excluding carboxylic acids is 2. The van der Waals surface area contributed by atoms with E-state index in [1.54, 1.807) is 13.1 Å². The Morgan fingerprint density at radius 2 is 2.00 bits per heavy atom. The molecule has 0 radical (unpaired) electrons. The summed E-state index contributed by atoms with van der Waals surface area (Å²) in [4.78, 5) is 32.4. The molecule has 122 valence electrons. The van der Waals surface area contributed by atoms with Gasteiger partial charge in [0.1, 0.15) is 12.6 Å². The summed E-state index contributed by atoms with van der Waals surface area (Å²) in [6.07, 6.45) is 1.79. The van der Waals surface area contributed by atoms with Gasteiger partial charge in [-0.1, -0.05) is 12.1 Å². The number of esters is 1. The third kappa shape index (κ3) is 4.72. The Morgan fingerprint density at radius 3 is 2.70 bits per heavy atom. The van der Waals surface area contributed by atoms with Crippen molar-refractivity contribution in [2.45, 2.75) is 19.4 Å². The van der Waals surface area contributed by atoms with Gasteiger partial charge in [-0.3, -0.25) is 9.78 Å². The van der Waals surface area contributed by atoms with E-state index >= 15 is 0 Å².